The Morgan fingerprint density at radius 3 is 0.966 bits per heavy atom. The van der Waals surface area contributed by atoms with Crippen LogP contribution in [0.4, 0.5) is 17.6 Å². The largest absolute Gasteiger partial charge is 0.477 e. The van der Waals surface area contributed by atoms with E-state index < -0.39 is 63.3 Å². The number of halogens is 6. The number of hydrogen-bond donors (Lipinski definition) is 0. The third-order valence-electron chi connectivity index (χ3n) is 8.90. The van der Waals surface area contributed by atoms with E-state index in [1.54, 1.807) is 72.8 Å². The summed E-state index contributed by atoms with van der Waals surface area (Å²) < 4.78 is 80.9. The van der Waals surface area contributed by atoms with Crippen LogP contribution in [0.15, 0.2) is 121 Å². The normalized spacial score (nSPS) is 12.3. The van der Waals surface area contributed by atoms with Crippen molar-refractivity contribution >= 4 is 82.8 Å². The Labute approximate surface area is 345 Å². The maximum atomic E-state index is 14.5. The van der Waals surface area contributed by atoms with Gasteiger partial charge in [-0.1, -0.05) is 83.9 Å². The molecule has 298 valence electrons. The van der Waals surface area contributed by atoms with Crippen LogP contribution in [0, 0.1) is 23.3 Å². The van der Waals surface area contributed by atoms with Crippen molar-refractivity contribution in [3.8, 4) is 22.6 Å². The molecule has 0 amide bonds. The fraction of sp³-hybridized carbons (Fsp3) is 0.136. The molecule has 0 bridgehead atoms. The summed E-state index contributed by atoms with van der Waals surface area (Å²) in [5.41, 5.74) is 0.508. The number of ether oxygens (including phenoxy) is 4. The van der Waals surface area contributed by atoms with E-state index in [1.165, 1.54) is 76.6 Å². The van der Waals surface area contributed by atoms with E-state index in [2.05, 4.69) is 0 Å². The first-order valence-corrected chi connectivity index (χ1v) is 21.0. The van der Waals surface area contributed by atoms with Gasteiger partial charge < -0.3 is 18.9 Å². The van der Waals surface area contributed by atoms with Gasteiger partial charge in [0.2, 0.25) is 0 Å². The average Bonchev–Trinajstić information content (AvgIpc) is 3.22. The molecule has 2 atom stereocenters. The van der Waals surface area contributed by atoms with Crippen molar-refractivity contribution in [2.24, 2.45) is 0 Å². The fourth-order valence-electron chi connectivity index (χ4n) is 6.18. The Hall–Kier alpha value is -4.98. The van der Waals surface area contributed by atoms with E-state index in [9.17, 15) is 27.2 Å². The summed E-state index contributed by atoms with van der Waals surface area (Å²) in [7, 11) is -1.12. The summed E-state index contributed by atoms with van der Waals surface area (Å²) in [6.07, 6.45) is -2.45. The smallest absolute Gasteiger partial charge is 0.346 e. The van der Waals surface area contributed by atoms with Gasteiger partial charge in [0, 0.05) is 11.1 Å². The Bertz CT molecular complexity index is 2160. The molecule has 58 heavy (non-hydrogen) atoms. The van der Waals surface area contributed by atoms with Gasteiger partial charge in [-0.15, -0.1) is 0 Å². The number of esters is 2. The highest BCUT2D eigenvalue weighted by Gasteiger charge is 2.34. The molecule has 0 radical (unpaired) electrons. The molecule has 2 unspecified atom stereocenters. The first-order chi connectivity index (χ1) is 27.8. The molecule has 0 spiro atoms. The Kier molecular flexibility index (Phi) is 13.8. The zero-order chi connectivity index (χ0) is 41.7. The Morgan fingerprint density at radius 2 is 0.724 bits per heavy atom. The molecule has 0 aliphatic heterocycles. The molecule has 0 saturated heterocycles. The van der Waals surface area contributed by atoms with Gasteiger partial charge in [0.25, 0.3) is 0 Å². The van der Waals surface area contributed by atoms with E-state index in [0.717, 1.165) is 0 Å². The third-order valence-corrected chi connectivity index (χ3v) is 14.5. The number of hydrogen-bond acceptors (Lipinski definition) is 6. The molecule has 6 rings (SSSR count). The number of rotatable bonds is 13. The summed E-state index contributed by atoms with van der Waals surface area (Å²) in [6, 6.07) is 30.0. The van der Waals surface area contributed by atoms with Crippen LogP contribution in [0.5, 0.6) is 11.5 Å². The van der Waals surface area contributed by atoms with Gasteiger partial charge in [0.15, 0.2) is 12.2 Å². The molecule has 6 aromatic rings. The molecule has 6 aromatic carbocycles. The first kappa shape index (κ1) is 42.6. The van der Waals surface area contributed by atoms with Crippen LogP contribution in [-0.2, 0) is 19.1 Å². The van der Waals surface area contributed by atoms with Crippen molar-refractivity contribution in [1.82, 2.24) is 0 Å². The molecule has 14 heteroatoms. The molecule has 0 heterocycles. The lowest BCUT2D eigenvalue weighted by Crippen LogP contribution is -2.30. The number of carbonyl (C=O) groups excluding carboxylic acids is 2. The second-order valence-corrected chi connectivity index (χ2v) is 17.9. The zero-order valence-electron chi connectivity index (χ0n) is 31.3. The molecule has 0 aliphatic rings. The van der Waals surface area contributed by atoms with Gasteiger partial charge in [-0.2, -0.15) is 0 Å². The molecular weight excluding hydrogens is 833 g/mol. The van der Waals surface area contributed by atoms with E-state index in [1.807, 2.05) is 0 Å². The zero-order valence-corrected chi connectivity index (χ0v) is 34.6. The minimum Gasteiger partial charge on any atom is -0.477 e. The second kappa shape index (κ2) is 18.7. The van der Waals surface area contributed by atoms with E-state index >= 15 is 0 Å². The van der Waals surface area contributed by atoms with Crippen molar-refractivity contribution in [3.05, 3.63) is 155 Å². The van der Waals surface area contributed by atoms with Crippen molar-refractivity contribution in [2.45, 2.75) is 26.1 Å². The van der Waals surface area contributed by atoms with Gasteiger partial charge in [0.05, 0.1) is 24.3 Å². The lowest BCUT2D eigenvalue weighted by molar-refractivity contribution is -0.148. The highest BCUT2D eigenvalue weighted by molar-refractivity contribution is 7.80. The van der Waals surface area contributed by atoms with Gasteiger partial charge in [-0.3, -0.25) is 0 Å². The van der Waals surface area contributed by atoms with Crippen LogP contribution >= 0.6 is 39.0 Å². The van der Waals surface area contributed by atoms with Crippen molar-refractivity contribution in [3.63, 3.8) is 0 Å². The maximum absolute atomic E-state index is 14.5. The van der Waals surface area contributed by atoms with Gasteiger partial charge in [-0.25, -0.2) is 27.2 Å². The van der Waals surface area contributed by atoms with Gasteiger partial charge in [-0.05, 0) is 122 Å². The predicted octanol–water partition coefficient (Wildman–Crippen LogP) is 8.61. The summed E-state index contributed by atoms with van der Waals surface area (Å²) in [5, 5.41) is 3.65. The fourth-order valence-corrected chi connectivity index (χ4v) is 11.4. The Morgan fingerprint density at radius 1 is 0.466 bits per heavy atom. The average molecular weight is 868 g/mol. The maximum Gasteiger partial charge on any atom is 0.346 e. The van der Waals surface area contributed by atoms with Gasteiger partial charge >= 0.3 is 11.9 Å². The molecule has 0 saturated carbocycles. The lowest BCUT2D eigenvalue weighted by Gasteiger charge is -2.30. The van der Waals surface area contributed by atoms with Crippen LogP contribution in [0.1, 0.15) is 13.8 Å². The number of benzene rings is 6. The molecule has 0 N–H and O–H groups in total. The quantitative estimate of drug-likeness (QED) is 0.0659. The van der Waals surface area contributed by atoms with E-state index in [0.29, 0.717) is 31.8 Å². The summed E-state index contributed by atoms with van der Waals surface area (Å²) in [6.45, 7) is 2.95. The highest BCUT2D eigenvalue weighted by Crippen LogP contribution is 2.51. The molecule has 0 aromatic heterocycles. The lowest BCUT2D eigenvalue weighted by atomic mass is 10.0. The van der Waals surface area contributed by atoms with E-state index in [-0.39, 0.29) is 32.7 Å². The van der Waals surface area contributed by atoms with Crippen molar-refractivity contribution < 1.29 is 46.1 Å². The van der Waals surface area contributed by atoms with Crippen molar-refractivity contribution in [1.29, 1.82) is 0 Å². The topological polar surface area (TPSA) is 71.1 Å². The number of carbonyl (C=O) groups is 2. The SMILES string of the molecule is COC(=O)C(C)Oc1c(Cl)ccc(P(c2ccc(F)cc2)c2ccc(F)cc2)c1-c1c(P(c2ccc(F)cc2)c2ccc(F)cc2)ccc(Cl)c1OC(C)C(=O)OC. The summed E-state index contributed by atoms with van der Waals surface area (Å²) in [4.78, 5) is 25.9. The second-order valence-electron chi connectivity index (χ2n) is 12.7. The molecule has 0 fully saturated rings. The molecule has 0 aliphatic carbocycles. The summed E-state index contributed by atoms with van der Waals surface area (Å²) >= 11 is 14.1. The number of methoxy groups -OCH3 is 2. The Balaban J connectivity index is 1.82. The van der Waals surface area contributed by atoms with E-state index in [4.69, 9.17) is 42.1 Å². The first-order valence-electron chi connectivity index (χ1n) is 17.6. The third kappa shape index (κ3) is 9.32. The van der Waals surface area contributed by atoms with Gasteiger partial charge in [0.1, 0.15) is 34.8 Å². The minimum absolute atomic E-state index is 0.0129. The standard InChI is InChI=1S/C44H34Cl2F4O6P2/c1-25(43(51)53-3)55-41-35(45)21-23-37(57(31-13-5-27(47)6-14-31)32-15-7-28(48)8-16-32)39(41)40-38(24-22-36(46)42(40)56-26(2)44(52)54-4)58(33-17-9-29(49)10-18-33)34-19-11-30(50)12-20-34/h5-26H,1-4H3. The monoisotopic (exact) mass is 866 g/mol. The van der Waals surface area contributed by atoms with Crippen LogP contribution in [0.3, 0.4) is 0 Å². The van der Waals surface area contributed by atoms with Crippen LogP contribution in [-0.4, -0.2) is 38.4 Å². The predicted molar refractivity (Wildman–Crippen MR) is 223 cm³/mol. The van der Waals surface area contributed by atoms with Crippen molar-refractivity contribution in [2.75, 3.05) is 14.2 Å². The molecular formula is C44H34Cl2F4O6P2. The van der Waals surface area contributed by atoms with Crippen LogP contribution in [0.25, 0.3) is 11.1 Å². The molecule has 6 nitrogen and oxygen atoms in total. The van der Waals surface area contributed by atoms with Crippen LogP contribution < -0.4 is 41.3 Å². The van der Waals surface area contributed by atoms with Crippen LogP contribution in [0.2, 0.25) is 10.0 Å². The highest BCUT2D eigenvalue weighted by atomic mass is 35.5. The minimum atomic E-state index is -1.76. The summed E-state index contributed by atoms with van der Waals surface area (Å²) in [5.74, 6) is -3.43.